The third-order valence-corrected chi connectivity index (χ3v) is 9.27. The zero-order valence-corrected chi connectivity index (χ0v) is 20.3. The van der Waals surface area contributed by atoms with Crippen molar-refractivity contribution in [1.29, 1.82) is 0 Å². The first-order valence-corrected chi connectivity index (χ1v) is 12.8. The highest BCUT2D eigenvalue weighted by atomic mass is 16.5. The number of nitrogens with zero attached hydrogens (tertiary/aromatic N) is 2. The molecule has 4 aliphatic rings. The van der Waals surface area contributed by atoms with Crippen molar-refractivity contribution in [2.45, 2.75) is 67.7 Å². The van der Waals surface area contributed by atoms with Gasteiger partial charge in [-0.15, -0.1) is 6.58 Å². The van der Waals surface area contributed by atoms with Crippen LogP contribution in [0.5, 0.6) is 11.5 Å². The maximum atomic E-state index is 13.3. The lowest BCUT2D eigenvalue weighted by Gasteiger charge is -2.64. The van der Waals surface area contributed by atoms with E-state index in [0.29, 0.717) is 31.4 Å². The Labute approximate surface area is 206 Å². The van der Waals surface area contributed by atoms with Crippen LogP contribution >= 0.6 is 0 Å². The number of hydrogen-bond acceptors (Lipinski definition) is 5. The van der Waals surface area contributed by atoms with Gasteiger partial charge < -0.3 is 19.8 Å². The van der Waals surface area contributed by atoms with Crippen LogP contribution in [0.3, 0.4) is 0 Å². The van der Waals surface area contributed by atoms with Crippen LogP contribution in [0.1, 0.15) is 42.4 Å². The molecule has 6 rings (SSSR count). The molecule has 0 aromatic heterocycles. The molecule has 2 aromatic carbocycles. The molecule has 2 aromatic rings. The molecule has 2 aliphatic heterocycles. The number of ether oxygens (including phenoxy) is 1. The maximum Gasteiger partial charge on any atom is 0.223 e. The molecule has 1 amide bonds. The quantitative estimate of drug-likeness (QED) is 0.629. The highest BCUT2D eigenvalue weighted by Crippen LogP contribution is 2.65. The van der Waals surface area contributed by atoms with Crippen molar-refractivity contribution >= 4 is 5.91 Å². The number of likely N-dealkylation sites (N-methyl/N-ethyl adjacent to an activating group) is 1. The topological polar surface area (TPSA) is 73.2 Å². The average molecular weight is 475 g/mol. The van der Waals surface area contributed by atoms with Crippen LogP contribution in [0.25, 0.3) is 0 Å². The van der Waals surface area contributed by atoms with E-state index in [4.69, 9.17) is 4.74 Å². The second-order valence-corrected chi connectivity index (χ2v) is 10.7. The van der Waals surface area contributed by atoms with Crippen molar-refractivity contribution in [3.8, 4) is 11.5 Å². The van der Waals surface area contributed by atoms with Gasteiger partial charge in [-0.25, -0.2) is 0 Å². The first-order chi connectivity index (χ1) is 16.9. The summed E-state index contributed by atoms with van der Waals surface area (Å²) in [5, 5.41) is 23.2. The minimum absolute atomic E-state index is 0.0385. The van der Waals surface area contributed by atoms with Gasteiger partial charge in [-0.1, -0.05) is 42.5 Å². The maximum absolute atomic E-state index is 13.3. The Balaban J connectivity index is 1.36. The van der Waals surface area contributed by atoms with Crippen molar-refractivity contribution in [2.75, 3.05) is 20.1 Å². The highest BCUT2D eigenvalue weighted by molar-refractivity contribution is 5.77. The molecule has 1 spiro atoms. The number of phenolic OH excluding ortho intramolecular Hbond substituents is 1. The SMILES string of the molecule is C=CCN1CC[C@]23c4c5ccc(O)c4OC2C(N(C)C(=O)CCc2ccccc2)CC[C@@]3(O)[C@H]1C5. The van der Waals surface area contributed by atoms with Crippen molar-refractivity contribution in [1.82, 2.24) is 9.80 Å². The van der Waals surface area contributed by atoms with Gasteiger partial charge in [0.1, 0.15) is 6.10 Å². The number of benzene rings is 2. The molecule has 2 aliphatic carbocycles. The Kier molecular flexibility index (Phi) is 5.24. The standard InChI is InChI=1S/C29H34N2O4/c1-3-16-31-17-15-28-25-20-10-11-22(32)26(25)35-27(28)21(13-14-29(28,34)23(31)18-20)30(2)24(33)12-9-19-7-5-4-6-8-19/h3-8,10-11,21,23,27,32,34H,1,9,12-18H2,2H3/t21?,23-,27?,28+,29-/m1/s1. The number of hydrogen-bond donors (Lipinski definition) is 2. The van der Waals surface area contributed by atoms with Gasteiger partial charge in [0.15, 0.2) is 11.5 Å². The molecule has 184 valence electrons. The number of aliphatic hydroxyl groups is 1. The summed E-state index contributed by atoms with van der Waals surface area (Å²) in [4.78, 5) is 17.5. The van der Waals surface area contributed by atoms with Crippen LogP contribution in [-0.2, 0) is 23.1 Å². The molecule has 0 radical (unpaired) electrons. The number of phenols is 1. The van der Waals surface area contributed by atoms with E-state index in [1.165, 1.54) is 0 Å². The fourth-order valence-corrected chi connectivity index (χ4v) is 7.64. The van der Waals surface area contributed by atoms with Gasteiger partial charge in [0.2, 0.25) is 5.91 Å². The van der Waals surface area contributed by atoms with Gasteiger partial charge >= 0.3 is 0 Å². The van der Waals surface area contributed by atoms with E-state index in [0.717, 1.165) is 42.6 Å². The summed E-state index contributed by atoms with van der Waals surface area (Å²) in [5.74, 6) is 0.721. The zero-order chi connectivity index (χ0) is 24.4. The van der Waals surface area contributed by atoms with Crippen LogP contribution in [0.15, 0.2) is 55.1 Å². The third-order valence-electron chi connectivity index (χ3n) is 9.27. The second kappa shape index (κ2) is 8.10. The Morgan fingerprint density at radius 1 is 1.26 bits per heavy atom. The molecule has 1 saturated carbocycles. The molecule has 2 bridgehead atoms. The van der Waals surface area contributed by atoms with Gasteiger partial charge in [-0.3, -0.25) is 9.69 Å². The molecule has 6 heteroatoms. The molecule has 6 nitrogen and oxygen atoms in total. The van der Waals surface area contributed by atoms with E-state index in [9.17, 15) is 15.0 Å². The summed E-state index contributed by atoms with van der Waals surface area (Å²) in [6.45, 7) is 5.49. The fourth-order valence-electron chi connectivity index (χ4n) is 7.64. The van der Waals surface area contributed by atoms with Crippen LogP contribution in [0.4, 0.5) is 0 Å². The van der Waals surface area contributed by atoms with Crippen LogP contribution in [0.2, 0.25) is 0 Å². The number of rotatable bonds is 6. The smallest absolute Gasteiger partial charge is 0.223 e. The van der Waals surface area contributed by atoms with Gasteiger partial charge in [0.05, 0.1) is 17.1 Å². The largest absolute Gasteiger partial charge is 0.504 e. The Morgan fingerprint density at radius 2 is 2.06 bits per heavy atom. The van der Waals surface area contributed by atoms with Crippen molar-refractivity contribution < 1.29 is 19.7 Å². The average Bonchev–Trinajstić information content (AvgIpc) is 3.22. The first kappa shape index (κ1) is 22.6. The van der Waals surface area contributed by atoms with Gasteiger partial charge in [0.25, 0.3) is 0 Å². The van der Waals surface area contributed by atoms with E-state index >= 15 is 0 Å². The van der Waals surface area contributed by atoms with Crippen LogP contribution in [0, 0.1) is 0 Å². The lowest BCUT2D eigenvalue weighted by Crippen LogP contribution is -2.78. The minimum Gasteiger partial charge on any atom is -0.504 e. The summed E-state index contributed by atoms with van der Waals surface area (Å²) >= 11 is 0. The Bertz CT molecular complexity index is 1170. The monoisotopic (exact) mass is 474 g/mol. The molecule has 2 unspecified atom stereocenters. The van der Waals surface area contributed by atoms with E-state index in [1.54, 1.807) is 6.07 Å². The van der Waals surface area contributed by atoms with Gasteiger partial charge in [-0.05, 0) is 55.8 Å². The van der Waals surface area contributed by atoms with Crippen molar-refractivity contribution in [3.63, 3.8) is 0 Å². The Morgan fingerprint density at radius 3 is 2.83 bits per heavy atom. The minimum atomic E-state index is -0.977. The fraction of sp³-hybridized carbons (Fsp3) is 0.483. The number of carbonyl (C=O) groups excluding carboxylic acids is 1. The second-order valence-electron chi connectivity index (χ2n) is 10.7. The summed E-state index contributed by atoms with van der Waals surface area (Å²) in [6.07, 6.45) is 5.36. The first-order valence-electron chi connectivity index (χ1n) is 12.8. The molecule has 1 saturated heterocycles. The van der Waals surface area contributed by atoms with E-state index in [-0.39, 0.29) is 29.8 Å². The molecule has 35 heavy (non-hydrogen) atoms. The predicted octanol–water partition coefficient (Wildman–Crippen LogP) is 3.19. The van der Waals surface area contributed by atoms with E-state index < -0.39 is 11.0 Å². The summed E-state index contributed by atoms with van der Waals surface area (Å²) in [6, 6.07) is 13.6. The van der Waals surface area contributed by atoms with Gasteiger partial charge in [-0.2, -0.15) is 0 Å². The molecule has 2 N–H and O–H groups in total. The molecule has 2 fully saturated rings. The molecular weight excluding hydrogens is 440 g/mol. The van der Waals surface area contributed by atoms with Gasteiger partial charge in [0, 0.05) is 31.6 Å². The van der Waals surface area contributed by atoms with E-state index in [2.05, 4.69) is 11.5 Å². The van der Waals surface area contributed by atoms with E-state index in [1.807, 2.05) is 54.4 Å². The normalized spacial score (nSPS) is 32.5. The summed E-state index contributed by atoms with van der Waals surface area (Å²) in [5.41, 5.74) is 1.66. The van der Waals surface area contributed by atoms with Crippen LogP contribution in [-0.4, -0.2) is 69.8 Å². The molecular formula is C29H34N2O4. The number of amides is 1. The number of piperidine rings is 1. The highest BCUT2D eigenvalue weighted by Gasteiger charge is 2.73. The number of aromatic hydroxyl groups is 1. The summed E-state index contributed by atoms with van der Waals surface area (Å²) in [7, 11) is 1.87. The molecule has 2 heterocycles. The number of aryl methyl sites for hydroxylation is 1. The van der Waals surface area contributed by atoms with Crippen molar-refractivity contribution in [3.05, 3.63) is 71.8 Å². The lowest BCUT2D eigenvalue weighted by atomic mass is 9.48. The number of carbonyl (C=O) groups is 1. The third kappa shape index (κ3) is 3.06. The lowest BCUT2D eigenvalue weighted by molar-refractivity contribution is -0.198. The van der Waals surface area contributed by atoms with Crippen molar-refractivity contribution in [2.24, 2.45) is 0 Å². The summed E-state index contributed by atoms with van der Waals surface area (Å²) < 4.78 is 6.57. The predicted molar refractivity (Wildman–Crippen MR) is 134 cm³/mol. The zero-order valence-electron chi connectivity index (χ0n) is 20.3. The number of likely N-dealkylation sites (tertiary alicyclic amines) is 1. The molecule has 5 atom stereocenters. The Hall–Kier alpha value is -2.83. The van der Waals surface area contributed by atoms with Crippen LogP contribution < -0.4 is 4.74 Å².